The van der Waals surface area contributed by atoms with Crippen molar-refractivity contribution in [3.8, 4) is 0 Å². The molecule has 2 aromatic rings. The molecule has 0 spiro atoms. The van der Waals surface area contributed by atoms with Crippen molar-refractivity contribution < 1.29 is 13.2 Å². The maximum Gasteiger partial charge on any atom is 0.230 e. The van der Waals surface area contributed by atoms with Crippen LogP contribution in [0.1, 0.15) is 24.0 Å². The minimum Gasteiger partial charge on any atom is -0.302 e. The molecule has 1 aliphatic heterocycles. The van der Waals surface area contributed by atoms with Crippen LogP contribution in [0.2, 0.25) is 0 Å². The lowest BCUT2D eigenvalue weighted by molar-refractivity contribution is -0.120. The molecule has 6 nitrogen and oxygen atoms in total. The van der Waals surface area contributed by atoms with Gasteiger partial charge in [0.2, 0.25) is 15.9 Å². The van der Waals surface area contributed by atoms with Gasteiger partial charge in [0.1, 0.15) is 0 Å². The lowest BCUT2D eigenvalue weighted by Gasteiger charge is -2.29. The summed E-state index contributed by atoms with van der Waals surface area (Å²) in [5.74, 6) is -0.486. The Morgan fingerprint density at radius 3 is 2.83 bits per heavy atom. The van der Waals surface area contributed by atoms with Gasteiger partial charge in [-0.1, -0.05) is 17.4 Å². The standard InChI is InChI=1S/C16H21N3O3S2/c1-10-7-11(2)14-13(8-10)17-16(23-14)18-15(20)12-5-4-6-19(9-12)24(3,21)22/h7-8,12H,4-6,9H2,1-3H3,(H,17,18,20). The molecule has 1 aromatic carbocycles. The Hall–Kier alpha value is -1.51. The molecule has 1 N–H and O–H groups in total. The van der Waals surface area contributed by atoms with E-state index < -0.39 is 10.0 Å². The molecule has 1 fully saturated rings. The van der Waals surface area contributed by atoms with E-state index in [1.54, 1.807) is 0 Å². The van der Waals surface area contributed by atoms with Crippen molar-refractivity contribution in [3.63, 3.8) is 0 Å². The van der Waals surface area contributed by atoms with Gasteiger partial charge in [0.15, 0.2) is 5.13 Å². The number of thiazole rings is 1. The van der Waals surface area contributed by atoms with Crippen LogP contribution >= 0.6 is 11.3 Å². The van der Waals surface area contributed by atoms with Crippen LogP contribution in [-0.2, 0) is 14.8 Å². The molecule has 8 heteroatoms. The smallest absolute Gasteiger partial charge is 0.230 e. The van der Waals surface area contributed by atoms with E-state index in [2.05, 4.69) is 16.4 Å². The second kappa shape index (κ2) is 6.42. The zero-order chi connectivity index (χ0) is 17.5. The number of piperidine rings is 1. The number of hydrogen-bond donors (Lipinski definition) is 1. The third-order valence-electron chi connectivity index (χ3n) is 4.27. The number of carbonyl (C=O) groups is 1. The van der Waals surface area contributed by atoms with Crippen LogP contribution in [0.15, 0.2) is 12.1 Å². The molecular formula is C16H21N3O3S2. The van der Waals surface area contributed by atoms with Crippen LogP contribution in [0.5, 0.6) is 0 Å². The number of rotatable bonds is 3. The summed E-state index contributed by atoms with van der Waals surface area (Å²) < 4.78 is 25.8. The molecule has 1 atom stereocenters. The fraction of sp³-hybridized carbons (Fsp3) is 0.500. The third-order valence-corrected chi connectivity index (χ3v) is 6.67. The van der Waals surface area contributed by atoms with E-state index in [1.165, 1.54) is 21.9 Å². The van der Waals surface area contributed by atoms with Crippen LogP contribution in [-0.4, -0.2) is 43.0 Å². The number of hydrogen-bond acceptors (Lipinski definition) is 5. The highest BCUT2D eigenvalue weighted by Gasteiger charge is 2.30. The van der Waals surface area contributed by atoms with Crippen molar-refractivity contribution in [2.24, 2.45) is 5.92 Å². The second-order valence-electron chi connectivity index (χ2n) is 6.40. The summed E-state index contributed by atoms with van der Waals surface area (Å²) in [6, 6.07) is 4.09. The molecule has 0 aliphatic carbocycles. The Labute approximate surface area is 145 Å². The average molecular weight is 367 g/mol. The lowest BCUT2D eigenvalue weighted by Crippen LogP contribution is -2.43. The first kappa shape index (κ1) is 17.3. The molecule has 1 saturated heterocycles. The van der Waals surface area contributed by atoms with Crippen molar-refractivity contribution in [3.05, 3.63) is 23.3 Å². The van der Waals surface area contributed by atoms with E-state index in [0.717, 1.165) is 21.3 Å². The molecular weight excluding hydrogens is 346 g/mol. The molecule has 1 aromatic heterocycles. The summed E-state index contributed by atoms with van der Waals surface area (Å²) in [4.78, 5) is 17.0. The summed E-state index contributed by atoms with van der Waals surface area (Å²) in [7, 11) is -3.26. The zero-order valence-electron chi connectivity index (χ0n) is 14.0. The Kier molecular flexibility index (Phi) is 4.63. The van der Waals surface area contributed by atoms with Gasteiger partial charge in [-0.25, -0.2) is 17.7 Å². The number of nitrogens with zero attached hydrogens (tertiary/aromatic N) is 2. The average Bonchev–Trinajstić information content (AvgIpc) is 2.89. The van der Waals surface area contributed by atoms with E-state index >= 15 is 0 Å². The monoisotopic (exact) mass is 367 g/mol. The number of fused-ring (bicyclic) bond motifs is 1. The number of anilines is 1. The quantitative estimate of drug-likeness (QED) is 0.904. The Bertz CT molecular complexity index is 889. The van der Waals surface area contributed by atoms with Gasteiger partial charge in [0.05, 0.1) is 22.4 Å². The van der Waals surface area contributed by atoms with Gasteiger partial charge in [-0.05, 0) is 43.9 Å². The number of carbonyl (C=O) groups excluding carboxylic acids is 1. The molecule has 24 heavy (non-hydrogen) atoms. The largest absolute Gasteiger partial charge is 0.302 e. The van der Waals surface area contributed by atoms with Crippen LogP contribution in [0.25, 0.3) is 10.2 Å². The molecule has 1 unspecified atom stereocenters. The molecule has 0 bridgehead atoms. The fourth-order valence-electron chi connectivity index (χ4n) is 3.10. The highest BCUT2D eigenvalue weighted by Crippen LogP contribution is 2.30. The SMILES string of the molecule is Cc1cc(C)c2sc(NC(=O)C3CCCN(S(C)(=O)=O)C3)nc2c1. The van der Waals surface area contributed by atoms with Gasteiger partial charge in [0, 0.05) is 13.1 Å². The molecule has 130 valence electrons. The Morgan fingerprint density at radius 2 is 2.12 bits per heavy atom. The van der Waals surface area contributed by atoms with E-state index in [0.29, 0.717) is 24.5 Å². The minimum atomic E-state index is -3.26. The first-order valence-electron chi connectivity index (χ1n) is 7.88. The van der Waals surface area contributed by atoms with Gasteiger partial charge < -0.3 is 5.32 Å². The highest BCUT2D eigenvalue weighted by molar-refractivity contribution is 7.88. The van der Waals surface area contributed by atoms with Crippen molar-refractivity contribution in [1.82, 2.24) is 9.29 Å². The predicted octanol–water partition coefficient (Wildman–Crippen LogP) is 2.52. The van der Waals surface area contributed by atoms with E-state index in [4.69, 9.17) is 0 Å². The zero-order valence-corrected chi connectivity index (χ0v) is 15.6. The summed E-state index contributed by atoms with van der Waals surface area (Å²) in [6.07, 6.45) is 2.58. The van der Waals surface area contributed by atoms with Crippen molar-refractivity contribution in [2.45, 2.75) is 26.7 Å². The predicted molar refractivity (Wildman–Crippen MR) is 96.9 cm³/mol. The summed E-state index contributed by atoms with van der Waals surface area (Å²) in [6.45, 7) is 4.78. The van der Waals surface area contributed by atoms with Crippen molar-refractivity contribution in [1.29, 1.82) is 0 Å². The summed E-state index contributed by atoms with van der Waals surface area (Å²) in [5, 5.41) is 3.44. The normalized spacial score (nSPS) is 19.5. The Morgan fingerprint density at radius 1 is 1.38 bits per heavy atom. The van der Waals surface area contributed by atoms with Crippen molar-refractivity contribution in [2.75, 3.05) is 24.7 Å². The van der Waals surface area contributed by atoms with E-state index in [1.807, 2.05) is 19.9 Å². The molecule has 0 radical (unpaired) electrons. The van der Waals surface area contributed by atoms with Gasteiger partial charge in [-0.15, -0.1) is 0 Å². The fourth-order valence-corrected chi connectivity index (χ4v) is 4.92. The maximum atomic E-state index is 12.5. The third kappa shape index (κ3) is 3.60. The van der Waals surface area contributed by atoms with E-state index in [-0.39, 0.29) is 18.4 Å². The summed E-state index contributed by atoms with van der Waals surface area (Å²) in [5.41, 5.74) is 3.16. The number of amides is 1. The van der Waals surface area contributed by atoms with Crippen LogP contribution in [0, 0.1) is 19.8 Å². The van der Waals surface area contributed by atoms with Crippen LogP contribution < -0.4 is 5.32 Å². The topological polar surface area (TPSA) is 79.4 Å². The molecule has 1 aliphatic rings. The van der Waals surface area contributed by atoms with Crippen LogP contribution in [0.4, 0.5) is 5.13 Å². The molecule has 2 heterocycles. The number of aryl methyl sites for hydroxylation is 2. The number of sulfonamides is 1. The van der Waals surface area contributed by atoms with Crippen molar-refractivity contribution >= 4 is 42.6 Å². The highest BCUT2D eigenvalue weighted by atomic mass is 32.2. The number of aromatic nitrogens is 1. The number of benzene rings is 1. The minimum absolute atomic E-state index is 0.156. The molecule has 3 rings (SSSR count). The first-order valence-corrected chi connectivity index (χ1v) is 10.5. The van der Waals surface area contributed by atoms with Gasteiger partial charge >= 0.3 is 0 Å². The van der Waals surface area contributed by atoms with Crippen LogP contribution in [0.3, 0.4) is 0 Å². The maximum absolute atomic E-state index is 12.5. The molecule has 1 amide bonds. The second-order valence-corrected chi connectivity index (χ2v) is 9.38. The number of nitrogens with one attached hydrogen (secondary N) is 1. The first-order chi connectivity index (χ1) is 11.2. The van der Waals surface area contributed by atoms with Gasteiger partial charge in [-0.3, -0.25) is 4.79 Å². The molecule has 0 saturated carbocycles. The van der Waals surface area contributed by atoms with Gasteiger partial charge in [-0.2, -0.15) is 0 Å². The lowest BCUT2D eigenvalue weighted by atomic mass is 9.99. The summed E-state index contributed by atoms with van der Waals surface area (Å²) >= 11 is 1.46. The van der Waals surface area contributed by atoms with Gasteiger partial charge in [0.25, 0.3) is 0 Å². The Balaban J connectivity index is 1.76. The van der Waals surface area contributed by atoms with E-state index in [9.17, 15) is 13.2 Å².